The van der Waals surface area contributed by atoms with Gasteiger partial charge >= 0.3 is 0 Å². The largest absolute Gasteiger partial charge is 0.352 e. The second kappa shape index (κ2) is 4.88. The molecular formula is C13H13N3OS. The molecule has 0 bridgehead atoms. The SMILES string of the molecule is CCOC(c1ccsc1)n1nnc2ccccc21. The number of hydrogen-bond acceptors (Lipinski definition) is 4. The first-order valence-electron chi connectivity index (χ1n) is 5.84. The van der Waals surface area contributed by atoms with Crippen LogP contribution < -0.4 is 0 Å². The molecule has 1 unspecified atom stereocenters. The molecule has 0 N–H and O–H groups in total. The Morgan fingerprint density at radius 3 is 3.00 bits per heavy atom. The summed E-state index contributed by atoms with van der Waals surface area (Å²) in [6.07, 6.45) is -0.200. The number of rotatable bonds is 4. The van der Waals surface area contributed by atoms with E-state index in [1.54, 1.807) is 11.3 Å². The second-order valence-electron chi connectivity index (χ2n) is 3.89. The van der Waals surface area contributed by atoms with Gasteiger partial charge in [0.15, 0.2) is 6.23 Å². The van der Waals surface area contributed by atoms with Crippen LogP contribution in [-0.4, -0.2) is 21.6 Å². The van der Waals surface area contributed by atoms with Crippen LogP contribution in [0.4, 0.5) is 0 Å². The van der Waals surface area contributed by atoms with Gasteiger partial charge in [0.2, 0.25) is 0 Å². The zero-order chi connectivity index (χ0) is 12.4. The molecule has 0 aliphatic rings. The lowest BCUT2D eigenvalue weighted by atomic mass is 10.2. The Balaban J connectivity index is 2.10. The van der Waals surface area contributed by atoms with E-state index in [0.29, 0.717) is 6.61 Å². The van der Waals surface area contributed by atoms with E-state index in [1.165, 1.54) is 0 Å². The summed E-state index contributed by atoms with van der Waals surface area (Å²) in [5.41, 5.74) is 2.98. The van der Waals surface area contributed by atoms with Crippen molar-refractivity contribution in [3.63, 3.8) is 0 Å². The summed E-state index contributed by atoms with van der Waals surface area (Å²) in [6.45, 7) is 2.62. The summed E-state index contributed by atoms with van der Waals surface area (Å²) in [5, 5.41) is 12.5. The minimum absolute atomic E-state index is 0.200. The molecule has 2 heterocycles. The third kappa shape index (κ3) is 1.91. The van der Waals surface area contributed by atoms with Crippen LogP contribution in [0.2, 0.25) is 0 Å². The first-order chi connectivity index (χ1) is 8.90. The zero-order valence-corrected chi connectivity index (χ0v) is 10.8. The molecule has 0 saturated heterocycles. The first kappa shape index (κ1) is 11.4. The lowest BCUT2D eigenvalue weighted by Crippen LogP contribution is -2.15. The van der Waals surface area contributed by atoms with E-state index in [9.17, 15) is 0 Å². The highest BCUT2D eigenvalue weighted by molar-refractivity contribution is 7.07. The Morgan fingerprint density at radius 1 is 1.33 bits per heavy atom. The monoisotopic (exact) mass is 259 g/mol. The van der Waals surface area contributed by atoms with Gasteiger partial charge in [-0.05, 0) is 35.9 Å². The smallest absolute Gasteiger partial charge is 0.179 e. The molecule has 0 saturated carbocycles. The maximum Gasteiger partial charge on any atom is 0.179 e. The Kier molecular flexibility index (Phi) is 3.08. The minimum Gasteiger partial charge on any atom is -0.352 e. The molecule has 0 fully saturated rings. The molecule has 2 aromatic heterocycles. The predicted molar refractivity (Wildman–Crippen MR) is 71.6 cm³/mol. The van der Waals surface area contributed by atoms with Crippen molar-refractivity contribution in [1.29, 1.82) is 0 Å². The Morgan fingerprint density at radius 2 is 2.22 bits per heavy atom. The average molecular weight is 259 g/mol. The standard InChI is InChI=1S/C13H13N3OS/c1-2-17-13(10-7-8-18-9-10)16-12-6-4-3-5-11(12)14-15-16/h3-9,13H,2H2,1H3. The molecule has 0 aliphatic heterocycles. The van der Waals surface area contributed by atoms with Gasteiger partial charge in [0.05, 0.1) is 5.52 Å². The quantitative estimate of drug-likeness (QED) is 0.723. The highest BCUT2D eigenvalue weighted by Gasteiger charge is 2.18. The Labute approximate surface area is 109 Å². The van der Waals surface area contributed by atoms with E-state index in [1.807, 2.05) is 41.3 Å². The van der Waals surface area contributed by atoms with Gasteiger partial charge in [0, 0.05) is 12.2 Å². The molecular weight excluding hydrogens is 246 g/mol. The summed E-state index contributed by atoms with van der Waals surface area (Å²) in [4.78, 5) is 0. The Hall–Kier alpha value is -1.72. The molecule has 0 radical (unpaired) electrons. The molecule has 0 spiro atoms. The normalized spacial score (nSPS) is 12.9. The molecule has 1 atom stereocenters. The number of thiophene rings is 1. The van der Waals surface area contributed by atoms with Crippen molar-refractivity contribution < 1.29 is 4.74 Å². The van der Waals surface area contributed by atoms with Gasteiger partial charge in [-0.2, -0.15) is 11.3 Å². The van der Waals surface area contributed by atoms with Crippen LogP contribution in [0.5, 0.6) is 0 Å². The lowest BCUT2D eigenvalue weighted by Gasteiger charge is -2.16. The van der Waals surface area contributed by atoms with Crippen molar-refractivity contribution >= 4 is 22.4 Å². The summed E-state index contributed by atoms with van der Waals surface area (Å²) in [7, 11) is 0. The molecule has 5 heteroatoms. The van der Waals surface area contributed by atoms with Gasteiger partial charge in [0.25, 0.3) is 0 Å². The summed E-state index contributed by atoms with van der Waals surface area (Å²) in [5.74, 6) is 0. The maximum atomic E-state index is 5.81. The van der Waals surface area contributed by atoms with E-state index in [2.05, 4.69) is 21.8 Å². The highest BCUT2D eigenvalue weighted by Crippen LogP contribution is 2.24. The van der Waals surface area contributed by atoms with Crippen molar-refractivity contribution in [2.75, 3.05) is 6.61 Å². The van der Waals surface area contributed by atoms with Crippen LogP contribution in [0.1, 0.15) is 18.7 Å². The number of ether oxygens (including phenoxy) is 1. The van der Waals surface area contributed by atoms with E-state index in [-0.39, 0.29) is 6.23 Å². The molecule has 18 heavy (non-hydrogen) atoms. The van der Waals surface area contributed by atoms with E-state index in [4.69, 9.17) is 4.74 Å². The van der Waals surface area contributed by atoms with Gasteiger partial charge in [0.1, 0.15) is 5.52 Å². The third-order valence-corrected chi connectivity index (χ3v) is 3.45. The topological polar surface area (TPSA) is 39.9 Å². The molecule has 92 valence electrons. The number of fused-ring (bicyclic) bond motifs is 1. The van der Waals surface area contributed by atoms with Crippen LogP contribution >= 0.6 is 11.3 Å². The van der Waals surface area contributed by atoms with Gasteiger partial charge in [-0.15, -0.1) is 5.10 Å². The molecule has 3 aromatic rings. The molecule has 0 amide bonds. The zero-order valence-electron chi connectivity index (χ0n) is 9.98. The van der Waals surface area contributed by atoms with Crippen molar-refractivity contribution in [3.05, 3.63) is 46.7 Å². The molecule has 4 nitrogen and oxygen atoms in total. The van der Waals surface area contributed by atoms with Crippen LogP contribution in [0.15, 0.2) is 41.1 Å². The summed E-state index contributed by atoms with van der Waals surface area (Å²) < 4.78 is 7.64. The number of hydrogen-bond donors (Lipinski definition) is 0. The van der Waals surface area contributed by atoms with Gasteiger partial charge in [-0.3, -0.25) is 0 Å². The van der Waals surface area contributed by atoms with Crippen molar-refractivity contribution in [1.82, 2.24) is 15.0 Å². The van der Waals surface area contributed by atoms with Crippen molar-refractivity contribution in [3.8, 4) is 0 Å². The van der Waals surface area contributed by atoms with Crippen molar-refractivity contribution in [2.45, 2.75) is 13.2 Å². The fraction of sp³-hybridized carbons (Fsp3) is 0.231. The van der Waals surface area contributed by atoms with Crippen LogP contribution in [0.3, 0.4) is 0 Å². The predicted octanol–water partition coefficient (Wildman–Crippen LogP) is 3.08. The second-order valence-corrected chi connectivity index (χ2v) is 4.67. The van der Waals surface area contributed by atoms with Crippen LogP contribution in [0.25, 0.3) is 11.0 Å². The third-order valence-electron chi connectivity index (χ3n) is 2.75. The average Bonchev–Trinajstić information content (AvgIpc) is 3.06. The number of para-hydroxylation sites is 1. The van der Waals surface area contributed by atoms with Gasteiger partial charge in [-0.25, -0.2) is 4.68 Å². The minimum atomic E-state index is -0.200. The van der Waals surface area contributed by atoms with E-state index < -0.39 is 0 Å². The lowest BCUT2D eigenvalue weighted by molar-refractivity contribution is 0.0344. The maximum absolute atomic E-state index is 5.81. The van der Waals surface area contributed by atoms with Crippen molar-refractivity contribution in [2.24, 2.45) is 0 Å². The fourth-order valence-electron chi connectivity index (χ4n) is 1.94. The molecule has 3 rings (SSSR count). The Bertz CT molecular complexity index is 633. The molecule has 1 aromatic carbocycles. The van der Waals surface area contributed by atoms with Crippen LogP contribution in [0, 0.1) is 0 Å². The van der Waals surface area contributed by atoms with E-state index >= 15 is 0 Å². The highest BCUT2D eigenvalue weighted by atomic mass is 32.1. The van der Waals surface area contributed by atoms with E-state index in [0.717, 1.165) is 16.6 Å². The first-order valence-corrected chi connectivity index (χ1v) is 6.78. The van der Waals surface area contributed by atoms with Crippen LogP contribution in [-0.2, 0) is 4.74 Å². The number of aromatic nitrogens is 3. The number of nitrogens with zero attached hydrogens (tertiary/aromatic N) is 3. The summed E-state index contributed by atoms with van der Waals surface area (Å²) >= 11 is 1.65. The number of benzene rings is 1. The summed E-state index contributed by atoms with van der Waals surface area (Å²) in [6, 6.07) is 9.96. The fourth-order valence-corrected chi connectivity index (χ4v) is 2.61. The van der Waals surface area contributed by atoms with Gasteiger partial charge < -0.3 is 4.74 Å². The molecule has 0 aliphatic carbocycles. The van der Waals surface area contributed by atoms with Gasteiger partial charge in [-0.1, -0.05) is 17.3 Å².